The number of nitrogens with zero attached hydrogens (tertiary/aromatic N) is 1. The molecule has 1 aromatic heterocycles. The van der Waals surface area contributed by atoms with Crippen molar-refractivity contribution >= 4 is 28.4 Å². The number of aromatic nitrogens is 1. The number of hydrogen-bond acceptors (Lipinski definition) is 4. The van der Waals surface area contributed by atoms with E-state index in [4.69, 9.17) is 4.74 Å². The quantitative estimate of drug-likeness (QED) is 0.768. The first-order valence-electron chi connectivity index (χ1n) is 6.71. The molecule has 5 nitrogen and oxygen atoms in total. The second-order valence-corrected chi connectivity index (χ2v) is 4.73. The average Bonchev–Trinajstić information content (AvgIpc) is 2.54. The van der Waals surface area contributed by atoms with Crippen molar-refractivity contribution in [3.63, 3.8) is 0 Å². The first kappa shape index (κ1) is 13.9. The van der Waals surface area contributed by atoms with E-state index in [1.165, 1.54) is 6.07 Å². The molecule has 0 saturated heterocycles. The van der Waals surface area contributed by atoms with Crippen LogP contribution in [-0.2, 0) is 0 Å². The number of para-hydroxylation sites is 1. The third-order valence-electron chi connectivity index (χ3n) is 3.29. The predicted molar refractivity (Wildman–Crippen MR) is 85.0 cm³/mol. The van der Waals surface area contributed by atoms with Gasteiger partial charge in [0.25, 0.3) is 0 Å². The summed E-state index contributed by atoms with van der Waals surface area (Å²) in [4.78, 5) is 15.9. The Morgan fingerprint density at radius 2 is 1.95 bits per heavy atom. The maximum Gasteiger partial charge on any atom is 0.336 e. The summed E-state index contributed by atoms with van der Waals surface area (Å²) in [5.41, 5.74) is 1.63. The van der Waals surface area contributed by atoms with Crippen molar-refractivity contribution in [3.05, 3.63) is 60.2 Å². The van der Waals surface area contributed by atoms with Crippen LogP contribution in [0.4, 0.5) is 11.5 Å². The number of carboxylic acids is 1. The zero-order chi connectivity index (χ0) is 15.5. The van der Waals surface area contributed by atoms with E-state index in [0.29, 0.717) is 22.5 Å². The Morgan fingerprint density at radius 3 is 2.73 bits per heavy atom. The molecule has 0 aliphatic carbocycles. The lowest BCUT2D eigenvalue weighted by molar-refractivity contribution is 0.0699. The molecular formula is C17H14N2O3. The minimum absolute atomic E-state index is 0.219. The van der Waals surface area contributed by atoms with Crippen LogP contribution < -0.4 is 10.1 Å². The highest BCUT2D eigenvalue weighted by molar-refractivity contribution is 6.03. The van der Waals surface area contributed by atoms with Crippen molar-refractivity contribution in [3.8, 4) is 5.75 Å². The van der Waals surface area contributed by atoms with Gasteiger partial charge in [-0.2, -0.15) is 0 Å². The van der Waals surface area contributed by atoms with Gasteiger partial charge in [0.05, 0.1) is 18.2 Å². The number of anilines is 2. The molecule has 0 bridgehead atoms. The summed E-state index contributed by atoms with van der Waals surface area (Å²) in [6.45, 7) is 0. The number of hydrogen-bond donors (Lipinski definition) is 2. The Hall–Kier alpha value is -3.08. The van der Waals surface area contributed by atoms with E-state index >= 15 is 0 Å². The lowest BCUT2D eigenvalue weighted by Crippen LogP contribution is -2.02. The standard InChI is InChI=1S/C17H14N2O3/c1-22-12-6-4-5-11(9-12)18-16-10-14(17(20)21)13-7-2-3-8-15(13)19-16/h2-10H,1H3,(H,18,19)(H,20,21). The van der Waals surface area contributed by atoms with Gasteiger partial charge in [0, 0.05) is 17.1 Å². The Kier molecular flexibility index (Phi) is 3.62. The van der Waals surface area contributed by atoms with Crippen LogP contribution in [0.1, 0.15) is 10.4 Å². The Labute approximate surface area is 127 Å². The highest BCUT2D eigenvalue weighted by Gasteiger charge is 2.11. The lowest BCUT2D eigenvalue weighted by atomic mass is 10.1. The largest absolute Gasteiger partial charge is 0.497 e. The number of rotatable bonds is 4. The van der Waals surface area contributed by atoms with Crippen LogP contribution >= 0.6 is 0 Å². The number of carboxylic acid groups (broad SMARTS) is 1. The maximum absolute atomic E-state index is 11.4. The summed E-state index contributed by atoms with van der Waals surface area (Å²) in [5, 5.41) is 13.1. The van der Waals surface area contributed by atoms with Gasteiger partial charge in [-0.3, -0.25) is 0 Å². The molecule has 0 spiro atoms. The van der Waals surface area contributed by atoms with Gasteiger partial charge in [0.2, 0.25) is 0 Å². The molecule has 5 heteroatoms. The molecule has 3 aromatic rings. The van der Waals surface area contributed by atoms with Crippen LogP contribution in [0.3, 0.4) is 0 Å². The van der Waals surface area contributed by atoms with Gasteiger partial charge in [0.15, 0.2) is 0 Å². The normalized spacial score (nSPS) is 10.4. The third kappa shape index (κ3) is 2.69. The Bertz CT molecular complexity index is 846. The topological polar surface area (TPSA) is 71.5 Å². The molecule has 0 atom stereocenters. The second-order valence-electron chi connectivity index (χ2n) is 4.73. The van der Waals surface area contributed by atoms with E-state index in [-0.39, 0.29) is 5.56 Å². The number of benzene rings is 2. The number of ether oxygens (including phenoxy) is 1. The first-order valence-corrected chi connectivity index (χ1v) is 6.71. The summed E-state index contributed by atoms with van der Waals surface area (Å²) in [5.74, 6) is 0.209. The van der Waals surface area contributed by atoms with Crippen molar-refractivity contribution in [1.82, 2.24) is 4.98 Å². The summed E-state index contributed by atoms with van der Waals surface area (Å²) in [7, 11) is 1.59. The molecule has 0 fully saturated rings. The monoisotopic (exact) mass is 294 g/mol. The number of aromatic carboxylic acids is 1. The number of fused-ring (bicyclic) bond motifs is 1. The van der Waals surface area contributed by atoms with Crippen molar-refractivity contribution in [2.45, 2.75) is 0 Å². The number of carbonyl (C=O) groups is 1. The summed E-state index contributed by atoms with van der Waals surface area (Å²) < 4.78 is 5.17. The molecule has 0 aliphatic rings. The highest BCUT2D eigenvalue weighted by Crippen LogP contribution is 2.24. The van der Waals surface area contributed by atoms with Crippen LogP contribution in [0.5, 0.6) is 5.75 Å². The molecule has 22 heavy (non-hydrogen) atoms. The van der Waals surface area contributed by atoms with E-state index in [1.807, 2.05) is 30.3 Å². The van der Waals surface area contributed by atoms with Crippen molar-refractivity contribution in [2.24, 2.45) is 0 Å². The predicted octanol–water partition coefficient (Wildman–Crippen LogP) is 3.69. The molecule has 0 saturated carbocycles. The minimum Gasteiger partial charge on any atom is -0.497 e. The summed E-state index contributed by atoms with van der Waals surface area (Å²) in [6.07, 6.45) is 0. The minimum atomic E-state index is -0.979. The molecule has 110 valence electrons. The molecule has 0 amide bonds. The fourth-order valence-electron chi connectivity index (χ4n) is 2.27. The van der Waals surface area contributed by atoms with Gasteiger partial charge in [-0.05, 0) is 24.3 Å². The first-order chi connectivity index (χ1) is 10.7. The van der Waals surface area contributed by atoms with Crippen LogP contribution in [-0.4, -0.2) is 23.2 Å². The van der Waals surface area contributed by atoms with Gasteiger partial charge in [-0.1, -0.05) is 24.3 Å². The smallest absolute Gasteiger partial charge is 0.336 e. The fraction of sp³-hybridized carbons (Fsp3) is 0.0588. The second kappa shape index (κ2) is 5.73. The van der Waals surface area contributed by atoms with Crippen LogP contribution in [0, 0.1) is 0 Å². The van der Waals surface area contributed by atoms with Crippen molar-refractivity contribution in [2.75, 3.05) is 12.4 Å². The van der Waals surface area contributed by atoms with Crippen LogP contribution in [0.2, 0.25) is 0 Å². The highest BCUT2D eigenvalue weighted by atomic mass is 16.5. The van der Waals surface area contributed by atoms with Gasteiger partial charge in [-0.15, -0.1) is 0 Å². The molecule has 2 N–H and O–H groups in total. The van der Waals surface area contributed by atoms with Gasteiger partial charge in [0.1, 0.15) is 11.6 Å². The number of methoxy groups -OCH3 is 1. The average molecular weight is 294 g/mol. The molecule has 0 radical (unpaired) electrons. The molecule has 2 aromatic carbocycles. The molecular weight excluding hydrogens is 280 g/mol. The van der Waals surface area contributed by atoms with Crippen LogP contribution in [0.15, 0.2) is 54.6 Å². The summed E-state index contributed by atoms with van der Waals surface area (Å²) in [6, 6.07) is 16.1. The van der Waals surface area contributed by atoms with Crippen molar-refractivity contribution in [1.29, 1.82) is 0 Å². The number of pyridine rings is 1. The van der Waals surface area contributed by atoms with E-state index < -0.39 is 5.97 Å². The van der Waals surface area contributed by atoms with E-state index in [9.17, 15) is 9.90 Å². The SMILES string of the molecule is COc1cccc(Nc2cc(C(=O)O)c3ccccc3n2)c1. The zero-order valence-electron chi connectivity index (χ0n) is 11.9. The molecule has 0 aliphatic heterocycles. The zero-order valence-corrected chi connectivity index (χ0v) is 11.9. The van der Waals surface area contributed by atoms with E-state index in [0.717, 1.165) is 5.69 Å². The third-order valence-corrected chi connectivity index (χ3v) is 3.29. The molecule has 1 heterocycles. The van der Waals surface area contributed by atoms with Gasteiger partial charge >= 0.3 is 5.97 Å². The Balaban J connectivity index is 2.05. The molecule has 0 unspecified atom stereocenters. The lowest BCUT2D eigenvalue weighted by Gasteiger charge is -2.10. The number of nitrogens with one attached hydrogen (secondary N) is 1. The summed E-state index contributed by atoms with van der Waals surface area (Å²) >= 11 is 0. The molecule has 3 rings (SSSR count). The van der Waals surface area contributed by atoms with E-state index in [1.54, 1.807) is 25.3 Å². The van der Waals surface area contributed by atoms with Gasteiger partial charge < -0.3 is 15.2 Å². The fourth-order valence-corrected chi connectivity index (χ4v) is 2.27. The maximum atomic E-state index is 11.4. The van der Waals surface area contributed by atoms with Crippen molar-refractivity contribution < 1.29 is 14.6 Å². The van der Waals surface area contributed by atoms with Crippen LogP contribution in [0.25, 0.3) is 10.9 Å². The Morgan fingerprint density at radius 1 is 1.14 bits per heavy atom. The van der Waals surface area contributed by atoms with E-state index in [2.05, 4.69) is 10.3 Å². The van der Waals surface area contributed by atoms with Gasteiger partial charge in [-0.25, -0.2) is 9.78 Å².